The minimum absolute atomic E-state index is 0.106. The molecule has 1 unspecified atom stereocenters. The number of ether oxygens (including phenoxy) is 2. The molecule has 0 aliphatic carbocycles. The Morgan fingerprint density at radius 2 is 1.27 bits per heavy atom. The van der Waals surface area contributed by atoms with Gasteiger partial charge in [-0.1, -0.05) is 90.7 Å². The van der Waals surface area contributed by atoms with Crippen LogP contribution in [0.2, 0.25) is 0 Å². The van der Waals surface area contributed by atoms with Gasteiger partial charge in [0.1, 0.15) is 6.10 Å². The number of carbonyl (C=O) groups excluding carboxylic acids is 2. The van der Waals surface area contributed by atoms with Crippen LogP contribution in [0.15, 0.2) is 24.3 Å². The van der Waals surface area contributed by atoms with E-state index in [1.807, 2.05) is 6.92 Å². The summed E-state index contributed by atoms with van der Waals surface area (Å²) in [6, 6.07) is 6.80. The predicted octanol–water partition coefficient (Wildman–Crippen LogP) is 7.50. The van der Waals surface area contributed by atoms with Crippen molar-refractivity contribution in [1.29, 1.82) is 0 Å². The molecule has 170 valence electrons. The molecule has 1 aromatic rings. The fraction of sp³-hybridized carbons (Fsp3) is 0.692. The summed E-state index contributed by atoms with van der Waals surface area (Å²) < 4.78 is 11.1. The van der Waals surface area contributed by atoms with Crippen molar-refractivity contribution in [3.63, 3.8) is 0 Å². The average Bonchev–Trinajstić information content (AvgIpc) is 2.77. The Kier molecular flexibility index (Phi) is 14.8. The maximum atomic E-state index is 12.7. The number of unbranched alkanes of at least 4 members (excludes halogenated alkanes) is 9. The summed E-state index contributed by atoms with van der Waals surface area (Å²) >= 11 is 0. The van der Waals surface area contributed by atoms with Crippen LogP contribution < -0.4 is 0 Å². The Bertz CT molecular complexity index is 596. The molecule has 1 rings (SSSR count). The molecular weight excluding hydrogens is 376 g/mol. The van der Waals surface area contributed by atoms with Crippen molar-refractivity contribution in [3.05, 3.63) is 35.4 Å². The van der Waals surface area contributed by atoms with Crippen molar-refractivity contribution in [3.8, 4) is 0 Å². The second-order valence-electron chi connectivity index (χ2n) is 8.09. The SMILES string of the molecule is CCCCCCCCCCOC(=O)c1ccccc1C(=O)OC(CC)CCCCC. The molecule has 0 radical (unpaired) electrons. The molecule has 0 aromatic heterocycles. The van der Waals surface area contributed by atoms with Gasteiger partial charge < -0.3 is 9.47 Å². The van der Waals surface area contributed by atoms with Gasteiger partial charge in [0, 0.05) is 0 Å². The van der Waals surface area contributed by atoms with Crippen LogP contribution in [-0.2, 0) is 9.47 Å². The molecule has 0 bridgehead atoms. The molecule has 0 spiro atoms. The highest BCUT2D eigenvalue weighted by atomic mass is 16.5. The number of hydrogen-bond donors (Lipinski definition) is 0. The summed E-state index contributed by atoms with van der Waals surface area (Å²) in [7, 11) is 0. The zero-order valence-electron chi connectivity index (χ0n) is 19.4. The monoisotopic (exact) mass is 418 g/mol. The van der Waals surface area contributed by atoms with Crippen LogP contribution in [0.3, 0.4) is 0 Å². The first-order valence-corrected chi connectivity index (χ1v) is 12.1. The fourth-order valence-electron chi connectivity index (χ4n) is 3.50. The third-order valence-corrected chi connectivity index (χ3v) is 5.46. The zero-order chi connectivity index (χ0) is 22.0. The Morgan fingerprint density at radius 3 is 1.87 bits per heavy atom. The van der Waals surface area contributed by atoms with Gasteiger partial charge >= 0.3 is 11.9 Å². The molecule has 0 saturated heterocycles. The van der Waals surface area contributed by atoms with Crippen molar-refractivity contribution in [1.82, 2.24) is 0 Å². The number of esters is 2. The third-order valence-electron chi connectivity index (χ3n) is 5.46. The normalized spacial score (nSPS) is 11.8. The quantitative estimate of drug-likeness (QED) is 0.194. The maximum absolute atomic E-state index is 12.7. The number of benzene rings is 1. The maximum Gasteiger partial charge on any atom is 0.339 e. The van der Waals surface area contributed by atoms with Crippen LogP contribution in [0.25, 0.3) is 0 Å². The Hall–Kier alpha value is -1.84. The van der Waals surface area contributed by atoms with Gasteiger partial charge in [-0.05, 0) is 37.8 Å². The van der Waals surface area contributed by atoms with Gasteiger partial charge in [0.05, 0.1) is 17.7 Å². The average molecular weight is 419 g/mol. The second-order valence-corrected chi connectivity index (χ2v) is 8.09. The lowest BCUT2D eigenvalue weighted by Crippen LogP contribution is -2.20. The molecule has 0 saturated carbocycles. The molecule has 0 N–H and O–H groups in total. The van der Waals surface area contributed by atoms with Crippen molar-refractivity contribution in [2.75, 3.05) is 6.61 Å². The van der Waals surface area contributed by atoms with Gasteiger partial charge in [0.15, 0.2) is 0 Å². The topological polar surface area (TPSA) is 52.6 Å². The molecule has 4 heteroatoms. The molecule has 1 atom stereocenters. The first-order valence-electron chi connectivity index (χ1n) is 12.1. The molecule has 1 aromatic carbocycles. The highest BCUT2D eigenvalue weighted by molar-refractivity contribution is 6.03. The van der Waals surface area contributed by atoms with E-state index in [0.29, 0.717) is 17.7 Å². The van der Waals surface area contributed by atoms with Gasteiger partial charge in [-0.2, -0.15) is 0 Å². The molecule has 0 fully saturated rings. The lowest BCUT2D eigenvalue weighted by molar-refractivity contribution is 0.0258. The molecule has 30 heavy (non-hydrogen) atoms. The highest BCUT2D eigenvalue weighted by Gasteiger charge is 2.21. The van der Waals surface area contributed by atoms with E-state index in [9.17, 15) is 9.59 Å². The van der Waals surface area contributed by atoms with E-state index < -0.39 is 11.9 Å². The fourth-order valence-corrected chi connectivity index (χ4v) is 3.50. The van der Waals surface area contributed by atoms with Crippen molar-refractivity contribution in [2.24, 2.45) is 0 Å². The van der Waals surface area contributed by atoms with E-state index in [1.165, 1.54) is 38.5 Å². The van der Waals surface area contributed by atoms with Gasteiger partial charge in [0.25, 0.3) is 0 Å². The van der Waals surface area contributed by atoms with Gasteiger partial charge in [-0.15, -0.1) is 0 Å². The van der Waals surface area contributed by atoms with Crippen LogP contribution >= 0.6 is 0 Å². The van der Waals surface area contributed by atoms with Crippen molar-refractivity contribution >= 4 is 11.9 Å². The summed E-state index contributed by atoms with van der Waals surface area (Å²) in [6.07, 6.45) is 14.4. The summed E-state index contributed by atoms with van der Waals surface area (Å²) in [6.45, 7) is 6.80. The van der Waals surface area contributed by atoms with Crippen LogP contribution in [-0.4, -0.2) is 24.6 Å². The standard InChI is InChI=1S/C26H42O4/c1-4-7-9-10-11-12-13-17-21-29-25(27)23-19-15-16-20-24(23)26(28)30-22(6-3)18-14-8-5-2/h15-16,19-20,22H,4-14,17-18,21H2,1-3H3. The zero-order valence-corrected chi connectivity index (χ0v) is 19.4. The number of hydrogen-bond acceptors (Lipinski definition) is 4. The van der Waals surface area contributed by atoms with Gasteiger partial charge in [-0.25, -0.2) is 9.59 Å². The van der Waals surface area contributed by atoms with E-state index >= 15 is 0 Å². The van der Waals surface area contributed by atoms with Crippen LogP contribution in [0.5, 0.6) is 0 Å². The smallest absolute Gasteiger partial charge is 0.339 e. The number of carbonyl (C=O) groups is 2. The predicted molar refractivity (Wildman–Crippen MR) is 123 cm³/mol. The Balaban J connectivity index is 2.45. The first-order chi connectivity index (χ1) is 14.6. The second kappa shape index (κ2) is 16.9. The van der Waals surface area contributed by atoms with Crippen molar-refractivity contribution in [2.45, 2.75) is 110 Å². The largest absolute Gasteiger partial charge is 0.462 e. The molecule has 0 heterocycles. The van der Waals surface area contributed by atoms with Gasteiger partial charge in [-0.3, -0.25) is 0 Å². The first kappa shape index (κ1) is 26.2. The van der Waals surface area contributed by atoms with Crippen molar-refractivity contribution < 1.29 is 19.1 Å². The van der Waals surface area contributed by atoms with E-state index in [-0.39, 0.29) is 6.10 Å². The van der Waals surface area contributed by atoms with E-state index in [2.05, 4.69) is 13.8 Å². The summed E-state index contributed by atoms with van der Waals surface area (Å²) in [5, 5.41) is 0. The lowest BCUT2D eigenvalue weighted by atomic mass is 10.1. The molecule has 0 aliphatic rings. The van der Waals surface area contributed by atoms with Gasteiger partial charge in [0.2, 0.25) is 0 Å². The molecule has 4 nitrogen and oxygen atoms in total. The number of rotatable bonds is 17. The minimum atomic E-state index is -0.440. The summed E-state index contributed by atoms with van der Waals surface area (Å²) in [5.41, 5.74) is 0.595. The Labute approximate surface area is 183 Å². The van der Waals surface area contributed by atoms with E-state index in [0.717, 1.165) is 44.9 Å². The third kappa shape index (κ3) is 10.8. The highest BCUT2D eigenvalue weighted by Crippen LogP contribution is 2.17. The molecule has 0 aliphatic heterocycles. The summed E-state index contributed by atoms with van der Waals surface area (Å²) in [5.74, 6) is -0.873. The summed E-state index contributed by atoms with van der Waals surface area (Å²) in [4.78, 5) is 25.2. The lowest BCUT2D eigenvalue weighted by Gasteiger charge is -2.17. The minimum Gasteiger partial charge on any atom is -0.462 e. The molecule has 0 amide bonds. The van der Waals surface area contributed by atoms with Crippen LogP contribution in [0.1, 0.15) is 125 Å². The van der Waals surface area contributed by atoms with Crippen LogP contribution in [0.4, 0.5) is 0 Å². The van der Waals surface area contributed by atoms with Crippen LogP contribution in [0, 0.1) is 0 Å². The Morgan fingerprint density at radius 1 is 0.733 bits per heavy atom. The molecular formula is C26H42O4. The van der Waals surface area contributed by atoms with E-state index in [1.54, 1.807) is 24.3 Å². The van der Waals surface area contributed by atoms with E-state index in [4.69, 9.17) is 9.47 Å².